The fraction of sp³-hybridized carbons (Fsp3) is 0.100. The van der Waals surface area contributed by atoms with Gasteiger partial charge in [0, 0.05) is 17.1 Å². The summed E-state index contributed by atoms with van der Waals surface area (Å²) in [4.78, 5) is 0. The molecule has 1 heterocycles. The molecule has 6 nitrogen and oxygen atoms in total. The van der Waals surface area contributed by atoms with E-state index in [1.807, 2.05) is 0 Å². The summed E-state index contributed by atoms with van der Waals surface area (Å²) < 4.78 is 26.8. The summed E-state index contributed by atoms with van der Waals surface area (Å²) in [5, 5.41) is 6.35. The summed E-state index contributed by atoms with van der Waals surface area (Å²) in [5.41, 5.74) is 5.83. The molecule has 0 radical (unpaired) electrons. The molecule has 0 atom stereocenters. The minimum atomic E-state index is -3.93. The number of benzene rings is 1. The number of aromatic nitrogens is 2. The van der Waals surface area contributed by atoms with Crippen molar-refractivity contribution in [2.75, 3.05) is 4.72 Å². The number of nitrogens with one attached hydrogen (secondary N) is 2. The van der Waals surface area contributed by atoms with Gasteiger partial charge >= 0.3 is 0 Å². The van der Waals surface area contributed by atoms with Crippen LogP contribution in [0.3, 0.4) is 0 Å². The van der Waals surface area contributed by atoms with E-state index in [-0.39, 0.29) is 27.3 Å². The second-order valence-electron chi connectivity index (χ2n) is 3.78. The topological polar surface area (TPSA) is 101 Å². The first-order chi connectivity index (χ1) is 9.35. The van der Waals surface area contributed by atoms with E-state index in [4.69, 9.17) is 40.5 Å². The van der Waals surface area contributed by atoms with Gasteiger partial charge in [0.2, 0.25) is 0 Å². The van der Waals surface area contributed by atoms with E-state index in [0.717, 1.165) is 0 Å². The van der Waals surface area contributed by atoms with Crippen molar-refractivity contribution in [2.45, 2.75) is 11.6 Å². The number of nitrogens with two attached hydrogens (primary N) is 1. The standard InChI is InChI=1S/C10H9Cl3N4O2S/c11-6-1-7(12)9(8(13)2-6)17-20(18,19)10-5(3-14)4-15-16-10/h1-2,4,17H,3,14H2,(H,15,16). The van der Waals surface area contributed by atoms with Crippen molar-refractivity contribution in [3.63, 3.8) is 0 Å². The van der Waals surface area contributed by atoms with Gasteiger partial charge in [-0.2, -0.15) is 13.5 Å². The van der Waals surface area contributed by atoms with Crippen LogP contribution in [0.2, 0.25) is 15.1 Å². The third kappa shape index (κ3) is 3.02. The van der Waals surface area contributed by atoms with Gasteiger partial charge in [0.15, 0.2) is 5.03 Å². The Morgan fingerprint density at radius 2 is 1.85 bits per heavy atom. The molecule has 20 heavy (non-hydrogen) atoms. The van der Waals surface area contributed by atoms with E-state index < -0.39 is 10.0 Å². The molecule has 4 N–H and O–H groups in total. The zero-order chi connectivity index (χ0) is 14.9. The summed E-state index contributed by atoms with van der Waals surface area (Å²) in [6, 6.07) is 2.76. The van der Waals surface area contributed by atoms with Crippen molar-refractivity contribution in [3.8, 4) is 0 Å². The maximum Gasteiger partial charge on any atom is 0.279 e. The summed E-state index contributed by atoms with van der Waals surface area (Å²) in [6.45, 7) is 0.0226. The molecule has 0 fully saturated rings. The summed E-state index contributed by atoms with van der Waals surface area (Å²) >= 11 is 17.6. The Morgan fingerprint density at radius 3 is 2.40 bits per heavy atom. The Balaban J connectivity index is 2.44. The van der Waals surface area contributed by atoms with Crippen molar-refractivity contribution in [2.24, 2.45) is 5.73 Å². The molecule has 0 spiro atoms. The number of halogens is 3. The van der Waals surface area contributed by atoms with Gasteiger partial charge in [-0.3, -0.25) is 9.82 Å². The molecule has 1 aromatic heterocycles. The predicted molar refractivity (Wildman–Crippen MR) is 78.8 cm³/mol. The number of nitrogens with zero attached hydrogens (tertiary/aromatic N) is 1. The maximum absolute atomic E-state index is 12.2. The molecule has 0 aliphatic carbocycles. The van der Waals surface area contributed by atoms with Crippen LogP contribution in [0.4, 0.5) is 5.69 Å². The smallest absolute Gasteiger partial charge is 0.279 e. The van der Waals surface area contributed by atoms with Crippen LogP contribution in [-0.2, 0) is 16.6 Å². The summed E-state index contributed by atoms with van der Waals surface area (Å²) in [7, 11) is -3.93. The minimum Gasteiger partial charge on any atom is -0.326 e. The van der Waals surface area contributed by atoms with Gasteiger partial charge in [-0.15, -0.1) is 0 Å². The number of H-pyrrole nitrogens is 1. The van der Waals surface area contributed by atoms with Gasteiger partial charge < -0.3 is 5.73 Å². The quantitative estimate of drug-likeness (QED) is 0.784. The molecule has 0 saturated carbocycles. The fourth-order valence-corrected chi connectivity index (χ4v) is 3.77. The van der Waals surface area contributed by atoms with Crippen molar-refractivity contribution in [3.05, 3.63) is 39.0 Å². The number of aromatic amines is 1. The highest BCUT2D eigenvalue weighted by atomic mass is 35.5. The molecular weight excluding hydrogens is 347 g/mol. The SMILES string of the molecule is NCc1cn[nH]c1S(=O)(=O)Nc1c(Cl)cc(Cl)cc1Cl. The monoisotopic (exact) mass is 354 g/mol. The van der Waals surface area contributed by atoms with Crippen molar-refractivity contribution in [1.82, 2.24) is 10.2 Å². The van der Waals surface area contributed by atoms with Crippen LogP contribution in [0.25, 0.3) is 0 Å². The predicted octanol–water partition coefficient (Wildman–Crippen LogP) is 2.63. The molecule has 0 aliphatic heterocycles. The molecule has 0 bridgehead atoms. The zero-order valence-electron chi connectivity index (χ0n) is 9.82. The van der Waals surface area contributed by atoms with Crippen LogP contribution in [0.5, 0.6) is 0 Å². The van der Waals surface area contributed by atoms with E-state index in [2.05, 4.69) is 14.9 Å². The maximum atomic E-state index is 12.2. The molecule has 2 rings (SSSR count). The summed E-state index contributed by atoms with van der Waals surface area (Å²) in [6.07, 6.45) is 1.33. The number of hydrogen-bond acceptors (Lipinski definition) is 4. The lowest BCUT2D eigenvalue weighted by atomic mass is 10.3. The number of anilines is 1. The van der Waals surface area contributed by atoms with E-state index in [0.29, 0.717) is 10.6 Å². The van der Waals surface area contributed by atoms with E-state index in [1.54, 1.807) is 0 Å². The van der Waals surface area contributed by atoms with Crippen molar-refractivity contribution >= 4 is 50.5 Å². The first kappa shape index (κ1) is 15.4. The molecule has 0 aliphatic rings. The van der Waals surface area contributed by atoms with Gasteiger partial charge in [-0.1, -0.05) is 34.8 Å². The fourth-order valence-electron chi connectivity index (χ4n) is 1.50. The average Bonchev–Trinajstić information content (AvgIpc) is 2.83. The lowest BCUT2D eigenvalue weighted by Gasteiger charge is -2.11. The van der Waals surface area contributed by atoms with Crippen molar-refractivity contribution < 1.29 is 8.42 Å². The molecule has 0 saturated heterocycles. The largest absolute Gasteiger partial charge is 0.326 e. The Morgan fingerprint density at radius 1 is 1.25 bits per heavy atom. The normalized spacial score (nSPS) is 11.6. The lowest BCUT2D eigenvalue weighted by Crippen LogP contribution is -2.16. The van der Waals surface area contributed by atoms with E-state index >= 15 is 0 Å². The van der Waals surface area contributed by atoms with Crippen molar-refractivity contribution in [1.29, 1.82) is 0 Å². The first-order valence-corrected chi connectivity index (χ1v) is 7.86. The average molecular weight is 356 g/mol. The summed E-state index contributed by atoms with van der Waals surface area (Å²) in [5.74, 6) is 0. The highest BCUT2D eigenvalue weighted by Gasteiger charge is 2.22. The van der Waals surface area contributed by atoms with E-state index in [9.17, 15) is 8.42 Å². The van der Waals surface area contributed by atoms with Gasteiger partial charge in [0.1, 0.15) is 0 Å². The van der Waals surface area contributed by atoms with Crippen LogP contribution in [0.15, 0.2) is 23.4 Å². The highest BCUT2D eigenvalue weighted by molar-refractivity contribution is 7.92. The van der Waals surface area contributed by atoms with E-state index in [1.165, 1.54) is 18.3 Å². The first-order valence-electron chi connectivity index (χ1n) is 5.25. The molecule has 108 valence electrons. The van der Waals surface area contributed by atoms with Crippen LogP contribution < -0.4 is 10.5 Å². The molecule has 1 aromatic carbocycles. The molecule has 2 aromatic rings. The van der Waals surface area contributed by atoms with Gasteiger partial charge in [-0.05, 0) is 12.1 Å². The Labute approximate surface area is 130 Å². The highest BCUT2D eigenvalue weighted by Crippen LogP contribution is 2.35. The van der Waals surface area contributed by atoms with Crippen LogP contribution in [0, 0.1) is 0 Å². The number of hydrogen-bond donors (Lipinski definition) is 3. The molecule has 10 heteroatoms. The number of rotatable bonds is 4. The second kappa shape index (κ2) is 5.79. The molecule has 0 unspecified atom stereocenters. The minimum absolute atomic E-state index is 0.0226. The second-order valence-corrected chi connectivity index (χ2v) is 6.65. The van der Waals surface area contributed by atoms with Crippen LogP contribution in [0.1, 0.15) is 5.56 Å². The third-order valence-corrected chi connectivity index (χ3v) is 4.59. The van der Waals surface area contributed by atoms with Gasteiger partial charge in [0.05, 0.1) is 21.9 Å². The Hall–Kier alpha value is -0.990. The Kier molecular flexibility index (Phi) is 4.46. The molecular formula is C10H9Cl3N4O2S. The lowest BCUT2D eigenvalue weighted by molar-refractivity contribution is 0.596. The molecule has 0 amide bonds. The zero-order valence-corrected chi connectivity index (χ0v) is 12.9. The van der Waals surface area contributed by atoms with Gasteiger partial charge in [-0.25, -0.2) is 0 Å². The Bertz CT molecular complexity index is 722. The number of sulfonamides is 1. The van der Waals surface area contributed by atoms with Gasteiger partial charge in [0.25, 0.3) is 10.0 Å². The third-order valence-electron chi connectivity index (χ3n) is 2.41. The van der Waals surface area contributed by atoms with Crippen LogP contribution in [-0.4, -0.2) is 18.6 Å². The van der Waals surface area contributed by atoms with Crippen LogP contribution >= 0.6 is 34.8 Å².